The number of hydrogen-bond donors (Lipinski definition) is 2. The highest BCUT2D eigenvalue weighted by atomic mass is 32.2. The Morgan fingerprint density at radius 3 is 2.32 bits per heavy atom. The molecular weight excluding hydrogens is 274 g/mol. The van der Waals surface area contributed by atoms with Gasteiger partial charge in [0.25, 0.3) is 0 Å². The second kappa shape index (κ2) is 7.29. The molecular formula is C10H19N3O5S. The Kier molecular flexibility index (Phi) is 6.03. The van der Waals surface area contributed by atoms with Crippen LogP contribution in [-0.2, 0) is 19.7 Å². The van der Waals surface area contributed by atoms with Gasteiger partial charge in [-0.3, -0.25) is 0 Å². The Balaban J connectivity index is 2.66. The largest absolute Gasteiger partial charge is 0.467 e. The molecule has 0 saturated heterocycles. The lowest BCUT2D eigenvalue weighted by Crippen LogP contribution is -2.38. The van der Waals surface area contributed by atoms with Gasteiger partial charge in [0.1, 0.15) is 0 Å². The van der Waals surface area contributed by atoms with E-state index in [0.717, 1.165) is 39.2 Å². The van der Waals surface area contributed by atoms with Crippen molar-refractivity contribution in [3.05, 3.63) is 0 Å². The molecule has 0 unspecified atom stereocenters. The Morgan fingerprint density at radius 2 is 1.79 bits per heavy atom. The lowest BCUT2D eigenvalue weighted by Gasteiger charge is -2.21. The molecule has 0 aromatic heterocycles. The molecule has 0 spiro atoms. The fourth-order valence-electron chi connectivity index (χ4n) is 1.82. The van der Waals surface area contributed by atoms with Crippen molar-refractivity contribution in [3.63, 3.8) is 0 Å². The third-order valence-electron chi connectivity index (χ3n) is 2.71. The van der Waals surface area contributed by atoms with Crippen LogP contribution in [0.5, 0.6) is 0 Å². The SMILES string of the molecule is COC(=O)N/C(=N/S(=O)(=O)NC1CCCCC1)OC. The molecule has 0 aromatic rings. The molecule has 110 valence electrons. The number of hydrogen-bond acceptors (Lipinski definition) is 5. The number of nitrogens with one attached hydrogen (secondary N) is 2. The summed E-state index contributed by atoms with van der Waals surface area (Å²) in [6.45, 7) is 0. The van der Waals surface area contributed by atoms with Crippen molar-refractivity contribution in [1.29, 1.82) is 0 Å². The maximum absolute atomic E-state index is 11.8. The van der Waals surface area contributed by atoms with Gasteiger partial charge in [-0.15, -0.1) is 0 Å². The number of alkyl carbamates (subject to hydrolysis) is 1. The van der Waals surface area contributed by atoms with Gasteiger partial charge in [-0.2, -0.15) is 13.1 Å². The Morgan fingerprint density at radius 1 is 1.16 bits per heavy atom. The molecule has 9 heteroatoms. The fraction of sp³-hybridized carbons (Fsp3) is 0.800. The number of carbonyl (C=O) groups excluding carboxylic acids is 1. The number of amidine groups is 1. The molecule has 8 nitrogen and oxygen atoms in total. The van der Waals surface area contributed by atoms with Crippen molar-refractivity contribution in [2.24, 2.45) is 4.40 Å². The zero-order valence-corrected chi connectivity index (χ0v) is 11.8. The number of nitrogens with zero attached hydrogens (tertiary/aromatic N) is 1. The van der Waals surface area contributed by atoms with Crippen LogP contribution in [0.15, 0.2) is 4.40 Å². The first-order valence-electron chi connectivity index (χ1n) is 5.98. The van der Waals surface area contributed by atoms with Crippen LogP contribution >= 0.6 is 0 Å². The lowest BCUT2D eigenvalue weighted by atomic mass is 9.96. The summed E-state index contributed by atoms with van der Waals surface area (Å²) in [7, 11) is -1.55. The van der Waals surface area contributed by atoms with Crippen LogP contribution in [0.4, 0.5) is 4.79 Å². The van der Waals surface area contributed by atoms with E-state index in [1.165, 1.54) is 7.11 Å². The van der Waals surface area contributed by atoms with E-state index in [4.69, 9.17) is 0 Å². The molecule has 1 fully saturated rings. The standard InChI is InChI=1S/C10H19N3O5S/c1-17-9(11-10(14)18-2)13-19(15,16)12-8-6-4-3-5-7-8/h8,12H,3-7H2,1-2H3,(H,11,13,14). The number of ether oxygens (including phenoxy) is 2. The van der Waals surface area contributed by atoms with Gasteiger partial charge < -0.3 is 9.47 Å². The van der Waals surface area contributed by atoms with Crippen LogP contribution in [0.2, 0.25) is 0 Å². The minimum absolute atomic E-state index is 0.112. The highest BCUT2D eigenvalue weighted by Crippen LogP contribution is 2.18. The van der Waals surface area contributed by atoms with Crippen molar-refractivity contribution >= 4 is 22.3 Å². The normalized spacial score (nSPS) is 17.9. The van der Waals surface area contributed by atoms with Gasteiger partial charge in [0, 0.05) is 6.04 Å². The lowest BCUT2D eigenvalue weighted by molar-refractivity contribution is 0.174. The zero-order chi connectivity index (χ0) is 14.3. The topological polar surface area (TPSA) is 106 Å². The summed E-state index contributed by atoms with van der Waals surface area (Å²) in [5.74, 6) is 0. The van der Waals surface area contributed by atoms with Crippen molar-refractivity contribution in [2.75, 3.05) is 14.2 Å². The van der Waals surface area contributed by atoms with Crippen LogP contribution in [0.1, 0.15) is 32.1 Å². The van der Waals surface area contributed by atoms with Crippen molar-refractivity contribution in [1.82, 2.24) is 10.0 Å². The third kappa shape index (κ3) is 5.88. The van der Waals surface area contributed by atoms with E-state index in [1.807, 2.05) is 0 Å². The van der Waals surface area contributed by atoms with E-state index >= 15 is 0 Å². The Labute approximate surface area is 112 Å². The van der Waals surface area contributed by atoms with Gasteiger partial charge in [0.2, 0.25) is 0 Å². The van der Waals surface area contributed by atoms with Gasteiger partial charge in [0.05, 0.1) is 14.2 Å². The van der Waals surface area contributed by atoms with Crippen LogP contribution in [0.25, 0.3) is 0 Å². The molecule has 0 bridgehead atoms. The second-order valence-electron chi connectivity index (χ2n) is 4.14. The average Bonchev–Trinajstić information content (AvgIpc) is 2.38. The predicted octanol–water partition coefficient (Wildman–Crippen LogP) is 0.512. The van der Waals surface area contributed by atoms with E-state index in [1.54, 1.807) is 0 Å². The van der Waals surface area contributed by atoms with Crippen LogP contribution in [0.3, 0.4) is 0 Å². The number of amides is 1. The van der Waals surface area contributed by atoms with E-state index in [0.29, 0.717) is 0 Å². The van der Waals surface area contributed by atoms with E-state index in [9.17, 15) is 13.2 Å². The maximum atomic E-state index is 11.8. The molecule has 1 aliphatic carbocycles. The predicted molar refractivity (Wildman–Crippen MR) is 68.9 cm³/mol. The Bertz CT molecular complexity index is 428. The summed E-state index contributed by atoms with van der Waals surface area (Å²) < 4.78 is 38.3. The average molecular weight is 293 g/mol. The first-order valence-corrected chi connectivity index (χ1v) is 7.42. The van der Waals surface area contributed by atoms with Crippen molar-refractivity contribution < 1.29 is 22.7 Å². The fourth-order valence-corrected chi connectivity index (χ4v) is 2.86. The summed E-state index contributed by atoms with van der Waals surface area (Å²) in [6, 6.07) is -0.547. The van der Waals surface area contributed by atoms with Crippen molar-refractivity contribution in [2.45, 2.75) is 38.1 Å². The highest BCUT2D eigenvalue weighted by Gasteiger charge is 2.21. The maximum Gasteiger partial charge on any atom is 0.414 e. The molecule has 0 aliphatic heterocycles. The molecule has 1 rings (SSSR count). The smallest absolute Gasteiger partial charge is 0.414 e. The van der Waals surface area contributed by atoms with Crippen molar-refractivity contribution in [3.8, 4) is 0 Å². The van der Waals surface area contributed by atoms with Gasteiger partial charge in [-0.05, 0) is 12.8 Å². The van der Waals surface area contributed by atoms with Gasteiger partial charge in [0.15, 0.2) is 0 Å². The molecule has 1 amide bonds. The quantitative estimate of drug-likeness (QED) is 0.582. The zero-order valence-electron chi connectivity index (χ0n) is 11.0. The molecule has 19 heavy (non-hydrogen) atoms. The summed E-state index contributed by atoms with van der Waals surface area (Å²) in [6.07, 6.45) is 3.84. The van der Waals surface area contributed by atoms with Crippen LogP contribution in [-0.4, -0.2) is 40.8 Å². The van der Waals surface area contributed by atoms with E-state index in [-0.39, 0.29) is 6.04 Å². The molecule has 0 atom stereocenters. The first-order chi connectivity index (χ1) is 8.96. The monoisotopic (exact) mass is 293 g/mol. The summed E-state index contributed by atoms with van der Waals surface area (Å²) in [5.41, 5.74) is 0. The summed E-state index contributed by atoms with van der Waals surface area (Å²) in [4.78, 5) is 10.9. The molecule has 0 radical (unpaired) electrons. The van der Waals surface area contributed by atoms with E-state index < -0.39 is 22.3 Å². The van der Waals surface area contributed by atoms with Crippen LogP contribution in [0, 0.1) is 0 Å². The van der Waals surface area contributed by atoms with Gasteiger partial charge >= 0.3 is 22.3 Å². The first kappa shape index (κ1) is 15.7. The number of methoxy groups -OCH3 is 2. The molecule has 1 saturated carbocycles. The minimum Gasteiger partial charge on any atom is -0.467 e. The summed E-state index contributed by atoms with van der Waals surface area (Å²) in [5, 5.41) is 2.06. The third-order valence-corrected chi connectivity index (χ3v) is 3.75. The van der Waals surface area contributed by atoms with Gasteiger partial charge in [-0.25, -0.2) is 10.1 Å². The highest BCUT2D eigenvalue weighted by molar-refractivity contribution is 7.88. The number of carbonyl (C=O) groups is 1. The Hall–Kier alpha value is -1.35. The number of rotatable bonds is 3. The molecule has 1 aliphatic rings. The molecule has 0 aromatic carbocycles. The molecule has 2 N–H and O–H groups in total. The molecule has 0 heterocycles. The summed E-state index contributed by atoms with van der Waals surface area (Å²) >= 11 is 0. The second-order valence-corrected chi connectivity index (χ2v) is 5.51. The van der Waals surface area contributed by atoms with Crippen LogP contribution < -0.4 is 10.0 Å². The van der Waals surface area contributed by atoms with Gasteiger partial charge in [-0.1, -0.05) is 23.7 Å². The van der Waals surface area contributed by atoms with E-state index in [2.05, 4.69) is 23.9 Å². The minimum atomic E-state index is -3.90.